The third-order valence-electron chi connectivity index (χ3n) is 8.00. The molecule has 1 aliphatic heterocycles. The Kier molecular flexibility index (Phi) is 7.35. The molecule has 31 heavy (non-hydrogen) atoms. The number of hydrogen-bond donors (Lipinski definition) is 0. The fourth-order valence-corrected chi connectivity index (χ4v) is 5.78. The molecule has 0 N–H and O–H groups in total. The average Bonchev–Trinajstić information content (AvgIpc) is 2.83. The van der Waals surface area contributed by atoms with E-state index in [2.05, 4.69) is 79.3 Å². The lowest BCUT2D eigenvalue weighted by Crippen LogP contribution is -2.50. The Morgan fingerprint density at radius 1 is 0.935 bits per heavy atom. The van der Waals surface area contributed by atoms with Gasteiger partial charge in [-0.1, -0.05) is 55.8 Å². The van der Waals surface area contributed by atoms with Crippen LogP contribution in [0.1, 0.15) is 63.0 Å². The summed E-state index contributed by atoms with van der Waals surface area (Å²) >= 11 is 0. The normalized spacial score (nSPS) is 25.6. The molecule has 3 heteroatoms. The monoisotopic (exact) mass is 420 g/mol. The van der Waals surface area contributed by atoms with E-state index >= 15 is 0 Å². The molecule has 0 spiro atoms. The zero-order valence-electron chi connectivity index (χ0n) is 19.7. The van der Waals surface area contributed by atoms with E-state index in [1.54, 1.807) is 0 Å². The highest BCUT2D eigenvalue weighted by atomic mass is 16.5. The van der Waals surface area contributed by atoms with Crippen molar-refractivity contribution in [1.82, 2.24) is 9.80 Å². The van der Waals surface area contributed by atoms with Crippen molar-refractivity contribution in [2.45, 2.75) is 70.1 Å². The van der Waals surface area contributed by atoms with Crippen LogP contribution < -0.4 is 4.74 Å². The van der Waals surface area contributed by atoms with E-state index in [0.29, 0.717) is 6.61 Å². The van der Waals surface area contributed by atoms with Crippen LogP contribution in [-0.2, 0) is 12.1 Å². The van der Waals surface area contributed by atoms with Crippen LogP contribution in [0.4, 0.5) is 0 Å². The van der Waals surface area contributed by atoms with Gasteiger partial charge in [-0.05, 0) is 94.9 Å². The van der Waals surface area contributed by atoms with Gasteiger partial charge in [0.05, 0.1) is 0 Å². The van der Waals surface area contributed by atoms with Gasteiger partial charge < -0.3 is 9.64 Å². The van der Waals surface area contributed by atoms with Gasteiger partial charge in [0.25, 0.3) is 0 Å². The Balaban J connectivity index is 1.42. The minimum Gasteiger partial charge on any atom is -0.489 e. The van der Waals surface area contributed by atoms with E-state index in [1.165, 1.54) is 69.2 Å². The van der Waals surface area contributed by atoms with Crippen LogP contribution in [0.3, 0.4) is 0 Å². The van der Waals surface area contributed by atoms with E-state index in [9.17, 15) is 0 Å². The summed E-state index contributed by atoms with van der Waals surface area (Å²) in [5.74, 6) is 1.94. The van der Waals surface area contributed by atoms with Crippen molar-refractivity contribution in [3.63, 3.8) is 0 Å². The second-order valence-electron chi connectivity index (χ2n) is 9.85. The number of ether oxygens (including phenoxy) is 1. The van der Waals surface area contributed by atoms with Crippen molar-refractivity contribution >= 4 is 0 Å². The summed E-state index contributed by atoms with van der Waals surface area (Å²) in [4.78, 5) is 5.26. The van der Waals surface area contributed by atoms with E-state index in [0.717, 1.165) is 17.7 Å². The van der Waals surface area contributed by atoms with Crippen molar-refractivity contribution in [2.75, 3.05) is 27.2 Å². The zero-order chi connectivity index (χ0) is 21.7. The molecule has 0 aromatic heterocycles. The Hall–Kier alpha value is -1.84. The van der Waals surface area contributed by atoms with Gasteiger partial charge in [-0.2, -0.15) is 0 Å². The molecule has 0 atom stereocenters. The summed E-state index contributed by atoms with van der Waals surface area (Å²) in [7, 11) is 4.51. The largest absolute Gasteiger partial charge is 0.489 e. The lowest BCUT2D eigenvalue weighted by atomic mass is 9.73. The fourth-order valence-electron chi connectivity index (χ4n) is 5.78. The molecular formula is C28H40N2O. The van der Waals surface area contributed by atoms with Crippen molar-refractivity contribution in [1.29, 1.82) is 0 Å². The predicted octanol–water partition coefficient (Wildman–Crippen LogP) is 6.09. The van der Waals surface area contributed by atoms with Crippen LogP contribution in [0, 0.1) is 5.92 Å². The van der Waals surface area contributed by atoms with E-state index in [4.69, 9.17) is 4.74 Å². The molecule has 0 amide bonds. The highest BCUT2D eigenvalue weighted by molar-refractivity contribution is 5.34. The van der Waals surface area contributed by atoms with Crippen LogP contribution in [0.5, 0.6) is 5.75 Å². The minimum absolute atomic E-state index is 0.115. The van der Waals surface area contributed by atoms with Crippen molar-refractivity contribution in [3.8, 4) is 5.75 Å². The third-order valence-corrected chi connectivity index (χ3v) is 8.00. The molecule has 1 saturated heterocycles. The average molecular weight is 421 g/mol. The van der Waals surface area contributed by atoms with Gasteiger partial charge >= 0.3 is 0 Å². The van der Waals surface area contributed by atoms with Crippen molar-refractivity contribution in [2.24, 2.45) is 5.92 Å². The van der Waals surface area contributed by atoms with Gasteiger partial charge in [-0.25, -0.2) is 0 Å². The highest BCUT2D eigenvalue weighted by Gasteiger charge is 2.40. The Morgan fingerprint density at radius 2 is 1.65 bits per heavy atom. The number of benzene rings is 2. The number of rotatable bonds is 7. The summed E-state index contributed by atoms with van der Waals surface area (Å²) in [6.45, 7) is 5.58. The Morgan fingerprint density at radius 3 is 2.29 bits per heavy atom. The Labute approximate surface area is 189 Å². The van der Waals surface area contributed by atoms with Gasteiger partial charge in [-0.3, -0.25) is 4.90 Å². The van der Waals surface area contributed by atoms with Crippen LogP contribution in [0.15, 0.2) is 54.6 Å². The topological polar surface area (TPSA) is 15.7 Å². The molecule has 0 unspecified atom stereocenters. The third kappa shape index (κ3) is 5.15. The van der Waals surface area contributed by atoms with E-state index in [1.807, 2.05) is 6.07 Å². The maximum Gasteiger partial charge on any atom is 0.120 e. The molecule has 168 valence electrons. The first-order chi connectivity index (χ1) is 15.1. The molecule has 2 aliphatic rings. The summed E-state index contributed by atoms with van der Waals surface area (Å²) < 4.78 is 6.16. The van der Waals surface area contributed by atoms with Crippen LogP contribution in [0.2, 0.25) is 0 Å². The second-order valence-corrected chi connectivity index (χ2v) is 9.85. The lowest BCUT2D eigenvalue weighted by Gasteiger charge is -2.48. The number of piperidine rings is 1. The molecule has 2 aromatic carbocycles. The summed E-state index contributed by atoms with van der Waals surface area (Å²) in [6.07, 6.45) is 9.18. The highest BCUT2D eigenvalue weighted by Crippen LogP contribution is 2.43. The maximum atomic E-state index is 6.16. The van der Waals surface area contributed by atoms with Crippen LogP contribution in [-0.4, -0.2) is 43.0 Å². The molecule has 2 fully saturated rings. The first kappa shape index (κ1) is 22.4. The van der Waals surface area contributed by atoms with Crippen molar-refractivity contribution in [3.05, 3.63) is 65.7 Å². The second kappa shape index (κ2) is 10.2. The van der Waals surface area contributed by atoms with Gasteiger partial charge in [0.1, 0.15) is 12.4 Å². The molecule has 1 saturated carbocycles. The first-order valence-electron chi connectivity index (χ1n) is 12.3. The predicted molar refractivity (Wildman–Crippen MR) is 129 cm³/mol. The summed E-state index contributed by atoms with van der Waals surface area (Å²) in [6, 6.07) is 20.1. The van der Waals surface area contributed by atoms with E-state index in [-0.39, 0.29) is 5.54 Å². The van der Waals surface area contributed by atoms with Crippen LogP contribution >= 0.6 is 0 Å². The van der Waals surface area contributed by atoms with Crippen LogP contribution in [0.25, 0.3) is 0 Å². The minimum atomic E-state index is 0.115. The maximum absolute atomic E-state index is 6.16. The summed E-state index contributed by atoms with van der Waals surface area (Å²) in [5, 5.41) is 0. The molecular weight excluding hydrogens is 380 g/mol. The first-order valence-corrected chi connectivity index (χ1v) is 12.3. The SMILES string of the molecule is CCC1CCN(C2CCC(c3cccc(OCc4ccccc4)c3)(N(C)C)CC2)CC1. The van der Waals surface area contributed by atoms with Gasteiger partial charge in [0.15, 0.2) is 0 Å². The Bertz CT molecular complexity index is 803. The molecule has 4 rings (SSSR count). The molecule has 0 bridgehead atoms. The smallest absolute Gasteiger partial charge is 0.120 e. The van der Waals surface area contributed by atoms with E-state index < -0.39 is 0 Å². The fraction of sp³-hybridized carbons (Fsp3) is 0.571. The number of likely N-dealkylation sites (tertiary alicyclic amines) is 1. The van der Waals surface area contributed by atoms with Gasteiger partial charge in [0.2, 0.25) is 0 Å². The summed E-state index contributed by atoms with van der Waals surface area (Å²) in [5.41, 5.74) is 2.73. The van der Waals surface area contributed by atoms with Gasteiger partial charge in [-0.15, -0.1) is 0 Å². The molecule has 2 aromatic rings. The van der Waals surface area contributed by atoms with Gasteiger partial charge in [0, 0.05) is 11.6 Å². The molecule has 0 radical (unpaired) electrons. The lowest BCUT2D eigenvalue weighted by molar-refractivity contribution is 0.0353. The quantitative estimate of drug-likeness (QED) is 0.539. The zero-order valence-corrected chi connectivity index (χ0v) is 19.7. The molecule has 1 aliphatic carbocycles. The standard InChI is InChI=1S/C28H40N2O/c1-4-23-15-19-30(20-16-23)26-13-17-28(18-14-26,29(2)3)25-11-8-12-27(21-25)31-22-24-9-6-5-7-10-24/h5-12,21,23,26H,4,13-20,22H2,1-3H3. The molecule has 3 nitrogen and oxygen atoms in total. The van der Waals surface area contributed by atoms with Crippen molar-refractivity contribution < 1.29 is 4.74 Å². The number of hydrogen-bond acceptors (Lipinski definition) is 3. The molecule has 1 heterocycles. The number of nitrogens with zero attached hydrogens (tertiary/aromatic N) is 2.